The Kier molecular flexibility index (Phi) is 5.38. The molecule has 0 aliphatic carbocycles. The smallest absolute Gasteiger partial charge is 0.422 e. The number of nitrogens with one attached hydrogen (secondary N) is 1. The van der Waals surface area contributed by atoms with Gasteiger partial charge in [0.1, 0.15) is 11.8 Å². The van der Waals surface area contributed by atoms with Crippen LogP contribution in [-0.2, 0) is 4.79 Å². The molecule has 1 aromatic carbocycles. The predicted octanol–water partition coefficient (Wildman–Crippen LogP) is 3.46. The van der Waals surface area contributed by atoms with E-state index >= 15 is 0 Å². The normalized spacial score (nSPS) is 17.0. The number of halogens is 3. The maximum atomic E-state index is 12.5. The quantitative estimate of drug-likeness (QED) is 0.860. The summed E-state index contributed by atoms with van der Waals surface area (Å²) in [5.74, 6) is -0.508. The fraction of sp³-hybridized carbons (Fsp3) is 0.333. The Morgan fingerprint density at radius 1 is 1.22 bits per heavy atom. The molecular weight excluding hydrogens is 365 g/mol. The van der Waals surface area contributed by atoms with Gasteiger partial charge in [-0.05, 0) is 49.2 Å². The summed E-state index contributed by atoms with van der Waals surface area (Å²) in [6.45, 7) is -0.938. The number of anilines is 1. The van der Waals surface area contributed by atoms with Gasteiger partial charge in [-0.1, -0.05) is 0 Å². The third-order valence-corrected chi connectivity index (χ3v) is 4.07. The van der Waals surface area contributed by atoms with Crippen LogP contribution in [-0.4, -0.2) is 42.1 Å². The van der Waals surface area contributed by atoms with Crippen molar-refractivity contribution in [3.05, 3.63) is 48.4 Å². The highest BCUT2D eigenvalue weighted by Gasteiger charge is 2.35. The van der Waals surface area contributed by atoms with E-state index in [1.54, 1.807) is 6.07 Å². The summed E-state index contributed by atoms with van der Waals surface area (Å²) in [6.07, 6.45) is -1.82. The van der Waals surface area contributed by atoms with Crippen LogP contribution in [0.4, 0.5) is 18.9 Å². The molecule has 1 atom stereocenters. The van der Waals surface area contributed by atoms with Crippen LogP contribution >= 0.6 is 0 Å². The van der Waals surface area contributed by atoms with Crippen LogP contribution in [0.2, 0.25) is 0 Å². The van der Waals surface area contributed by atoms with E-state index in [0.717, 1.165) is 0 Å². The second-order valence-corrected chi connectivity index (χ2v) is 6.05. The number of furan rings is 1. The van der Waals surface area contributed by atoms with Crippen molar-refractivity contribution in [2.45, 2.75) is 25.1 Å². The first-order valence-corrected chi connectivity index (χ1v) is 8.28. The van der Waals surface area contributed by atoms with Crippen LogP contribution in [0.25, 0.3) is 0 Å². The van der Waals surface area contributed by atoms with E-state index in [1.165, 1.54) is 41.5 Å². The number of likely N-dealkylation sites (tertiary alicyclic amines) is 1. The molecule has 2 heterocycles. The van der Waals surface area contributed by atoms with E-state index in [-0.39, 0.29) is 23.3 Å². The first-order valence-electron chi connectivity index (χ1n) is 8.28. The Morgan fingerprint density at radius 2 is 1.96 bits per heavy atom. The molecule has 3 rings (SSSR count). The fourth-order valence-corrected chi connectivity index (χ4v) is 2.85. The van der Waals surface area contributed by atoms with Gasteiger partial charge in [-0.2, -0.15) is 13.2 Å². The number of rotatable bonds is 5. The zero-order chi connectivity index (χ0) is 19.4. The Labute approximate surface area is 152 Å². The third-order valence-electron chi connectivity index (χ3n) is 4.07. The number of carbonyl (C=O) groups is 2. The number of carbonyl (C=O) groups excluding carboxylic acids is 2. The van der Waals surface area contributed by atoms with E-state index in [4.69, 9.17) is 4.42 Å². The predicted molar refractivity (Wildman–Crippen MR) is 89.4 cm³/mol. The van der Waals surface area contributed by atoms with E-state index in [2.05, 4.69) is 10.1 Å². The van der Waals surface area contributed by atoms with Gasteiger partial charge >= 0.3 is 6.18 Å². The first-order chi connectivity index (χ1) is 12.8. The van der Waals surface area contributed by atoms with Crippen molar-refractivity contribution in [1.82, 2.24) is 4.90 Å². The zero-order valence-corrected chi connectivity index (χ0v) is 14.2. The van der Waals surface area contributed by atoms with E-state index in [1.807, 2.05) is 0 Å². The minimum Gasteiger partial charge on any atom is -0.484 e. The van der Waals surface area contributed by atoms with Crippen LogP contribution < -0.4 is 10.1 Å². The van der Waals surface area contributed by atoms with Gasteiger partial charge in [0.25, 0.3) is 5.91 Å². The number of hydrogen-bond acceptors (Lipinski definition) is 4. The maximum Gasteiger partial charge on any atom is 0.422 e. The van der Waals surface area contributed by atoms with Crippen molar-refractivity contribution in [2.24, 2.45) is 0 Å². The standard InChI is InChI=1S/C18H17F3N2O4/c19-18(20,21)11-27-13-7-5-12(6-8-13)22-16(24)14-3-1-9-23(14)17(25)15-4-2-10-26-15/h2,4-8,10,14H,1,3,9,11H2,(H,22,24)/t14-/m1/s1. The fourth-order valence-electron chi connectivity index (χ4n) is 2.85. The van der Waals surface area contributed by atoms with E-state index in [0.29, 0.717) is 25.1 Å². The SMILES string of the molecule is O=C(Nc1ccc(OCC(F)(F)F)cc1)[C@H]1CCCN1C(=O)c1ccco1. The summed E-state index contributed by atoms with van der Waals surface area (Å²) in [4.78, 5) is 26.4. The number of amides is 2. The average Bonchev–Trinajstić information content (AvgIpc) is 3.31. The molecule has 0 unspecified atom stereocenters. The molecule has 27 heavy (non-hydrogen) atoms. The minimum absolute atomic E-state index is 0.0424. The molecule has 2 aromatic rings. The van der Waals surface area contributed by atoms with Crippen molar-refractivity contribution < 1.29 is 31.9 Å². The lowest BCUT2D eigenvalue weighted by molar-refractivity contribution is -0.153. The number of benzene rings is 1. The van der Waals surface area contributed by atoms with Gasteiger partial charge in [0.05, 0.1) is 6.26 Å². The molecule has 1 fully saturated rings. The van der Waals surface area contributed by atoms with Gasteiger partial charge in [-0.15, -0.1) is 0 Å². The number of hydrogen-bond donors (Lipinski definition) is 1. The third kappa shape index (κ3) is 4.81. The largest absolute Gasteiger partial charge is 0.484 e. The van der Waals surface area contributed by atoms with Crippen molar-refractivity contribution >= 4 is 17.5 Å². The number of nitrogens with zero attached hydrogens (tertiary/aromatic N) is 1. The summed E-state index contributed by atoms with van der Waals surface area (Å²) in [5, 5.41) is 2.67. The average molecular weight is 382 g/mol. The molecule has 1 saturated heterocycles. The molecule has 0 bridgehead atoms. The second kappa shape index (κ2) is 7.73. The summed E-state index contributed by atoms with van der Waals surface area (Å²) >= 11 is 0. The molecule has 1 aliphatic heterocycles. The Hall–Kier alpha value is -2.97. The highest BCUT2D eigenvalue weighted by Crippen LogP contribution is 2.23. The van der Waals surface area contributed by atoms with E-state index in [9.17, 15) is 22.8 Å². The summed E-state index contributed by atoms with van der Waals surface area (Å²) < 4.78 is 46.2. The molecule has 0 radical (unpaired) electrons. The number of alkyl halides is 3. The molecule has 9 heteroatoms. The topological polar surface area (TPSA) is 71.8 Å². The molecule has 0 spiro atoms. The van der Waals surface area contributed by atoms with Crippen molar-refractivity contribution in [3.63, 3.8) is 0 Å². The van der Waals surface area contributed by atoms with Gasteiger partial charge in [0.15, 0.2) is 12.4 Å². The molecule has 144 valence electrons. The molecule has 0 saturated carbocycles. The summed E-state index contributed by atoms with van der Waals surface area (Å²) in [7, 11) is 0. The van der Waals surface area contributed by atoms with Crippen LogP contribution in [0.15, 0.2) is 47.1 Å². The Bertz CT molecular complexity index is 788. The Balaban J connectivity index is 1.60. The zero-order valence-electron chi connectivity index (χ0n) is 14.2. The summed E-state index contributed by atoms with van der Waals surface area (Å²) in [6, 6.07) is 8.05. The molecule has 2 amide bonds. The van der Waals surface area contributed by atoms with Crippen molar-refractivity contribution in [1.29, 1.82) is 0 Å². The van der Waals surface area contributed by atoms with Gasteiger partial charge in [0.2, 0.25) is 5.91 Å². The number of ether oxygens (including phenoxy) is 1. The molecular formula is C18H17F3N2O4. The van der Waals surface area contributed by atoms with Gasteiger partial charge in [-0.25, -0.2) is 0 Å². The van der Waals surface area contributed by atoms with Crippen LogP contribution in [0.3, 0.4) is 0 Å². The van der Waals surface area contributed by atoms with Crippen LogP contribution in [0, 0.1) is 0 Å². The summed E-state index contributed by atoms with van der Waals surface area (Å²) in [5.41, 5.74) is 0.400. The van der Waals surface area contributed by atoms with Crippen molar-refractivity contribution in [3.8, 4) is 5.75 Å². The van der Waals surface area contributed by atoms with Crippen LogP contribution in [0.5, 0.6) is 5.75 Å². The highest BCUT2D eigenvalue weighted by molar-refractivity contribution is 6.00. The molecule has 1 aromatic heterocycles. The van der Waals surface area contributed by atoms with Gasteiger partial charge < -0.3 is 19.4 Å². The van der Waals surface area contributed by atoms with Crippen LogP contribution in [0.1, 0.15) is 23.4 Å². The molecule has 1 N–H and O–H groups in total. The minimum atomic E-state index is -4.42. The Morgan fingerprint density at radius 3 is 2.59 bits per heavy atom. The lowest BCUT2D eigenvalue weighted by atomic mass is 10.2. The first kappa shape index (κ1) is 18.8. The maximum absolute atomic E-state index is 12.5. The van der Waals surface area contributed by atoms with Gasteiger partial charge in [0, 0.05) is 12.2 Å². The van der Waals surface area contributed by atoms with Gasteiger partial charge in [-0.3, -0.25) is 9.59 Å². The highest BCUT2D eigenvalue weighted by atomic mass is 19.4. The second-order valence-electron chi connectivity index (χ2n) is 6.05. The van der Waals surface area contributed by atoms with Crippen molar-refractivity contribution in [2.75, 3.05) is 18.5 Å². The molecule has 6 nitrogen and oxygen atoms in total. The lowest BCUT2D eigenvalue weighted by Gasteiger charge is -2.23. The monoisotopic (exact) mass is 382 g/mol. The van der Waals surface area contributed by atoms with E-state index < -0.39 is 18.8 Å². The molecule has 1 aliphatic rings. The lowest BCUT2D eigenvalue weighted by Crippen LogP contribution is -2.43.